The smallest absolute Gasteiger partial charge is 0.257 e. The predicted octanol–water partition coefficient (Wildman–Crippen LogP) is 3.15. The SMILES string of the molecule is Cc1nn(Cc2cccc(Br)c2)c(C)c1C(=O)N1CCC(CN)C1.Cl. The van der Waals surface area contributed by atoms with Gasteiger partial charge in [0.1, 0.15) is 0 Å². The third-order valence-corrected chi connectivity index (χ3v) is 5.22. The molecule has 136 valence electrons. The first kappa shape index (κ1) is 19.9. The summed E-state index contributed by atoms with van der Waals surface area (Å²) < 4.78 is 2.96. The fourth-order valence-electron chi connectivity index (χ4n) is 3.34. The van der Waals surface area contributed by atoms with Crippen molar-refractivity contribution < 1.29 is 4.79 Å². The molecule has 1 aromatic heterocycles. The van der Waals surface area contributed by atoms with Crippen LogP contribution in [-0.4, -0.2) is 40.2 Å². The Bertz CT molecular complexity index is 762. The molecule has 1 atom stereocenters. The van der Waals surface area contributed by atoms with Crippen LogP contribution >= 0.6 is 28.3 Å². The second-order valence-corrected chi connectivity index (χ2v) is 7.39. The maximum Gasteiger partial charge on any atom is 0.257 e. The summed E-state index contributed by atoms with van der Waals surface area (Å²) in [5.41, 5.74) is 9.35. The van der Waals surface area contributed by atoms with Gasteiger partial charge in [-0.25, -0.2) is 0 Å². The van der Waals surface area contributed by atoms with Crippen LogP contribution in [-0.2, 0) is 6.54 Å². The molecule has 1 saturated heterocycles. The molecular formula is C18H24BrClN4O. The second kappa shape index (κ2) is 8.34. The van der Waals surface area contributed by atoms with Crippen molar-refractivity contribution in [3.05, 3.63) is 51.3 Å². The van der Waals surface area contributed by atoms with Crippen molar-refractivity contribution in [2.24, 2.45) is 11.7 Å². The first-order chi connectivity index (χ1) is 11.5. The molecule has 7 heteroatoms. The zero-order valence-electron chi connectivity index (χ0n) is 14.5. The van der Waals surface area contributed by atoms with Crippen LogP contribution in [0.2, 0.25) is 0 Å². The van der Waals surface area contributed by atoms with Crippen molar-refractivity contribution in [1.82, 2.24) is 14.7 Å². The predicted molar refractivity (Wildman–Crippen MR) is 105 cm³/mol. The van der Waals surface area contributed by atoms with Gasteiger partial charge in [0.2, 0.25) is 0 Å². The summed E-state index contributed by atoms with van der Waals surface area (Å²) in [6.45, 7) is 6.73. The first-order valence-corrected chi connectivity index (χ1v) is 9.06. The van der Waals surface area contributed by atoms with Gasteiger partial charge in [-0.2, -0.15) is 5.10 Å². The van der Waals surface area contributed by atoms with E-state index >= 15 is 0 Å². The standard InChI is InChI=1S/C18H23BrN4O.ClH/c1-12-17(18(24)22-7-6-15(9-20)10-22)13(2)23(21-12)11-14-4-3-5-16(19)8-14;/h3-5,8,15H,6-7,9-11,20H2,1-2H3;1H. The van der Waals surface area contributed by atoms with Crippen LogP contribution in [0.15, 0.2) is 28.7 Å². The first-order valence-electron chi connectivity index (χ1n) is 8.27. The number of benzene rings is 1. The van der Waals surface area contributed by atoms with E-state index in [2.05, 4.69) is 33.2 Å². The molecule has 1 aliphatic rings. The number of nitrogens with zero attached hydrogens (tertiary/aromatic N) is 3. The van der Waals surface area contributed by atoms with E-state index in [9.17, 15) is 4.79 Å². The van der Waals surface area contributed by atoms with Gasteiger partial charge in [0.25, 0.3) is 5.91 Å². The normalized spacial score (nSPS) is 16.8. The summed E-state index contributed by atoms with van der Waals surface area (Å²) in [5, 5.41) is 4.60. The van der Waals surface area contributed by atoms with Crippen LogP contribution in [0.5, 0.6) is 0 Å². The molecular weight excluding hydrogens is 404 g/mol. The van der Waals surface area contributed by atoms with Crippen molar-refractivity contribution in [3.63, 3.8) is 0 Å². The van der Waals surface area contributed by atoms with Gasteiger partial charge in [-0.15, -0.1) is 12.4 Å². The molecule has 1 amide bonds. The average molecular weight is 428 g/mol. The summed E-state index contributed by atoms with van der Waals surface area (Å²) in [5.74, 6) is 0.507. The number of nitrogens with two attached hydrogens (primary N) is 1. The van der Waals surface area contributed by atoms with E-state index in [0.717, 1.165) is 46.5 Å². The quantitative estimate of drug-likeness (QED) is 0.815. The molecule has 0 radical (unpaired) electrons. The Hall–Kier alpha value is -1.37. The monoisotopic (exact) mass is 426 g/mol. The number of rotatable bonds is 4. The summed E-state index contributed by atoms with van der Waals surface area (Å²) in [4.78, 5) is 14.8. The van der Waals surface area contributed by atoms with E-state index in [4.69, 9.17) is 5.73 Å². The van der Waals surface area contributed by atoms with Crippen molar-refractivity contribution >= 4 is 34.2 Å². The Morgan fingerprint density at radius 2 is 2.16 bits per heavy atom. The van der Waals surface area contributed by atoms with Gasteiger partial charge in [-0.05, 0) is 50.4 Å². The largest absolute Gasteiger partial charge is 0.338 e. The lowest BCUT2D eigenvalue weighted by Crippen LogP contribution is -2.30. The number of hydrogen-bond acceptors (Lipinski definition) is 3. The summed E-state index contributed by atoms with van der Waals surface area (Å²) >= 11 is 3.49. The highest BCUT2D eigenvalue weighted by molar-refractivity contribution is 9.10. The molecule has 2 heterocycles. The number of halogens is 2. The van der Waals surface area contributed by atoms with Crippen molar-refractivity contribution in [1.29, 1.82) is 0 Å². The maximum atomic E-state index is 12.9. The number of hydrogen-bond donors (Lipinski definition) is 1. The van der Waals surface area contributed by atoms with E-state index in [1.807, 2.05) is 35.6 Å². The van der Waals surface area contributed by atoms with Gasteiger partial charge in [-0.1, -0.05) is 28.1 Å². The number of carbonyl (C=O) groups is 1. The van der Waals surface area contributed by atoms with E-state index < -0.39 is 0 Å². The Morgan fingerprint density at radius 1 is 1.40 bits per heavy atom. The van der Waals surface area contributed by atoms with E-state index in [-0.39, 0.29) is 18.3 Å². The Labute approximate surface area is 163 Å². The Balaban J connectivity index is 0.00000225. The van der Waals surface area contributed by atoms with Gasteiger partial charge < -0.3 is 10.6 Å². The number of amides is 1. The van der Waals surface area contributed by atoms with Crippen molar-refractivity contribution in [3.8, 4) is 0 Å². The van der Waals surface area contributed by atoms with Crippen LogP contribution in [0.3, 0.4) is 0 Å². The third-order valence-electron chi connectivity index (χ3n) is 4.72. The average Bonchev–Trinajstić information content (AvgIpc) is 3.12. The molecule has 2 N–H and O–H groups in total. The van der Waals surface area contributed by atoms with Crippen LogP contribution in [0, 0.1) is 19.8 Å². The zero-order chi connectivity index (χ0) is 17.3. The van der Waals surface area contributed by atoms with E-state index in [1.165, 1.54) is 0 Å². The van der Waals surface area contributed by atoms with Gasteiger partial charge >= 0.3 is 0 Å². The molecule has 1 fully saturated rings. The summed E-state index contributed by atoms with van der Waals surface area (Å²) in [6.07, 6.45) is 0.993. The molecule has 2 aromatic rings. The van der Waals surface area contributed by atoms with E-state index in [1.54, 1.807) is 0 Å². The molecule has 0 spiro atoms. The van der Waals surface area contributed by atoms with Gasteiger partial charge in [0.05, 0.1) is 17.8 Å². The Kier molecular flexibility index (Phi) is 6.65. The molecule has 1 aromatic carbocycles. The fraction of sp³-hybridized carbons (Fsp3) is 0.444. The molecule has 5 nitrogen and oxygen atoms in total. The molecule has 0 bridgehead atoms. The molecule has 0 saturated carbocycles. The lowest BCUT2D eigenvalue weighted by Gasteiger charge is -2.16. The molecule has 25 heavy (non-hydrogen) atoms. The van der Waals surface area contributed by atoms with Crippen molar-refractivity contribution in [2.45, 2.75) is 26.8 Å². The third kappa shape index (κ3) is 4.25. The molecule has 1 unspecified atom stereocenters. The topological polar surface area (TPSA) is 64.2 Å². The highest BCUT2D eigenvalue weighted by Crippen LogP contribution is 2.22. The zero-order valence-corrected chi connectivity index (χ0v) is 16.9. The number of likely N-dealkylation sites (tertiary alicyclic amines) is 1. The van der Waals surface area contributed by atoms with Gasteiger partial charge in [-0.3, -0.25) is 9.48 Å². The number of aryl methyl sites for hydroxylation is 1. The minimum absolute atomic E-state index is 0. The van der Waals surface area contributed by atoms with E-state index in [0.29, 0.717) is 19.0 Å². The van der Waals surface area contributed by atoms with Crippen LogP contribution < -0.4 is 5.73 Å². The highest BCUT2D eigenvalue weighted by atomic mass is 79.9. The Morgan fingerprint density at radius 3 is 2.80 bits per heavy atom. The lowest BCUT2D eigenvalue weighted by atomic mass is 10.1. The number of carbonyl (C=O) groups excluding carboxylic acids is 1. The van der Waals surface area contributed by atoms with Crippen LogP contribution in [0.25, 0.3) is 0 Å². The maximum absolute atomic E-state index is 12.9. The molecule has 3 rings (SSSR count). The minimum Gasteiger partial charge on any atom is -0.338 e. The summed E-state index contributed by atoms with van der Waals surface area (Å²) in [6, 6.07) is 8.15. The fourth-order valence-corrected chi connectivity index (χ4v) is 3.78. The highest BCUT2D eigenvalue weighted by Gasteiger charge is 2.29. The van der Waals surface area contributed by atoms with Crippen molar-refractivity contribution in [2.75, 3.05) is 19.6 Å². The minimum atomic E-state index is 0. The van der Waals surface area contributed by atoms with Gasteiger partial charge in [0, 0.05) is 23.3 Å². The second-order valence-electron chi connectivity index (χ2n) is 6.47. The molecule has 0 aliphatic carbocycles. The molecule has 1 aliphatic heterocycles. The lowest BCUT2D eigenvalue weighted by molar-refractivity contribution is 0.0786. The number of aromatic nitrogens is 2. The van der Waals surface area contributed by atoms with Crippen LogP contribution in [0.4, 0.5) is 0 Å². The van der Waals surface area contributed by atoms with Gasteiger partial charge in [0.15, 0.2) is 0 Å². The summed E-state index contributed by atoms with van der Waals surface area (Å²) in [7, 11) is 0. The van der Waals surface area contributed by atoms with Crippen LogP contribution in [0.1, 0.15) is 33.7 Å².